The van der Waals surface area contributed by atoms with Crippen molar-refractivity contribution < 1.29 is 8.81 Å². The van der Waals surface area contributed by atoms with Gasteiger partial charge in [-0.2, -0.15) is 0 Å². The summed E-state index contributed by atoms with van der Waals surface area (Å²) in [6.45, 7) is 1.82. The average Bonchev–Trinajstić information content (AvgIpc) is 2.89. The maximum atomic E-state index is 13.9. The first-order valence-electron chi connectivity index (χ1n) is 6.20. The van der Waals surface area contributed by atoms with Crippen LogP contribution in [0.1, 0.15) is 5.56 Å². The largest absolute Gasteiger partial charge is 0.403 e. The summed E-state index contributed by atoms with van der Waals surface area (Å²) in [6.07, 6.45) is 3.13. The van der Waals surface area contributed by atoms with Gasteiger partial charge in [-0.3, -0.25) is 4.98 Å². The first-order chi connectivity index (χ1) is 10.1. The second-order valence-corrected chi connectivity index (χ2v) is 4.48. The number of halogens is 1. The van der Waals surface area contributed by atoms with Crippen LogP contribution < -0.4 is 11.1 Å². The molecule has 0 atom stereocenters. The highest BCUT2D eigenvalue weighted by molar-refractivity contribution is 5.76. The fourth-order valence-electron chi connectivity index (χ4n) is 1.89. The third-order valence-corrected chi connectivity index (χ3v) is 2.89. The minimum atomic E-state index is -0.352. The lowest BCUT2D eigenvalue weighted by atomic mass is 10.2. The second kappa shape index (κ2) is 5.20. The molecule has 0 saturated carbocycles. The fraction of sp³-hybridized carbons (Fsp3) is 0.0714. The predicted molar refractivity (Wildman–Crippen MR) is 76.4 cm³/mol. The number of hydrogen-bond acceptors (Lipinski definition) is 6. The van der Waals surface area contributed by atoms with Crippen molar-refractivity contribution in [3.63, 3.8) is 0 Å². The number of aryl methyl sites for hydroxylation is 1. The van der Waals surface area contributed by atoms with Crippen LogP contribution in [0.5, 0.6) is 0 Å². The van der Waals surface area contributed by atoms with Gasteiger partial charge in [-0.1, -0.05) is 11.2 Å². The Hall–Kier alpha value is -2.96. The van der Waals surface area contributed by atoms with Gasteiger partial charge in [0.1, 0.15) is 5.82 Å². The Morgan fingerprint density at radius 1 is 1.19 bits per heavy atom. The summed E-state index contributed by atoms with van der Waals surface area (Å²) in [5.41, 5.74) is 7.74. The van der Waals surface area contributed by atoms with Crippen LogP contribution in [0.2, 0.25) is 0 Å². The summed E-state index contributed by atoms with van der Waals surface area (Å²) < 4.78 is 19.1. The zero-order valence-corrected chi connectivity index (χ0v) is 11.2. The van der Waals surface area contributed by atoms with Crippen LogP contribution in [-0.2, 0) is 0 Å². The monoisotopic (exact) mass is 285 g/mol. The molecule has 0 aliphatic rings. The third kappa shape index (κ3) is 2.66. The standard InChI is InChI=1S/C14H12FN5O/c1-8-2-3-11(10(15)6-8)18-12-7-17-5-4-9(12)13-19-20-14(16)21-13/h2-7,18H,1H3,(H2,16,20). The van der Waals surface area contributed by atoms with E-state index in [4.69, 9.17) is 10.2 Å². The summed E-state index contributed by atoms with van der Waals surface area (Å²) in [5, 5.41) is 10.4. The van der Waals surface area contributed by atoms with E-state index in [1.165, 1.54) is 6.07 Å². The minimum Gasteiger partial charge on any atom is -0.403 e. The molecular formula is C14H12FN5O. The molecule has 0 aliphatic carbocycles. The molecule has 21 heavy (non-hydrogen) atoms. The Morgan fingerprint density at radius 3 is 2.76 bits per heavy atom. The van der Waals surface area contributed by atoms with Gasteiger partial charge in [0.15, 0.2) is 0 Å². The van der Waals surface area contributed by atoms with E-state index in [0.717, 1.165) is 5.56 Å². The number of hydrogen-bond donors (Lipinski definition) is 2. The lowest BCUT2D eigenvalue weighted by Crippen LogP contribution is -1.97. The van der Waals surface area contributed by atoms with Crippen LogP contribution in [0.15, 0.2) is 41.1 Å². The number of nitrogen functional groups attached to an aromatic ring is 1. The highest BCUT2D eigenvalue weighted by Crippen LogP contribution is 2.29. The third-order valence-electron chi connectivity index (χ3n) is 2.89. The van der Waals surface area contributed by atoms with E-state index in [-0.39, 0.29) is 17.7 Å². The van der Waals surface area contributed by atoms with Gasteiger partial charge in [0.25, 0.3) is 5.89 Å². The van der Waals surface area contributed by atoms with E-state index in [9.17, 15) is 4.39 Å². The van der Waals surface area contributed by atoms with Crippen LogP contribution in [0, 0.1) is 12.7 Å². The van der Waals surface area contributed by atoms with Crippen LogP contribution in [0.25, 0.3) is 11.5 Å². The SMILES string of the molecule is Cc1ccc(Nc2cnccc2-c2nnc(N)o2)c(F)c1. The van der Waals surface area contributed by atoms with E-state index in [1.54, 1.807) is 24.5 Å². The summed E-state index contributed by atoms with van der Waals surface area (Å²) in [7, 11) is 0. The first kappa shape index (κ1) is 13.0. The first-order valence-corrected chi connectivity index (χ1v) is 6.20. The van der Waals surface area contributed by atoms with Crippen LogP contribution in [0.3, 0.4) is 0 Å². The predicted octanol–water partition coefficient (Wildman–Crippen LogP) is 2.90. The van der Waals surface area contributed by atoms with Gasteiger partial charge < -0.3 is 15.5 Å². The lowest BCUT2D eigenvalue weighted by molar-refractivity contribution is 0.590. The molecule has 6 nitrogen and oxygen atoms in total. The number of nitrogens with zero attached hydrogens (tertiary/aromatic N) is 3. The molecule has 0 fully saturated rings. The number of rotatable bonds is 3. The maximum Gasteiger partial charge on any atom is 0.313 e. The fourth-order valence-corrected chi connectivity index (χ4v) is 1.89. The molecule has 3 rings (SSSR count). The van der Waals surface area contributed by atoms with Gasteiger partial charge in [0.05, 0.1) is 23.1 Å². The quantitative estimate of drug-likeness (QED) is 0.769. The van der Waals surface area contributed by atoms with Crippen molar-refractivity contribution in [3.8, 4) is 11.5 Å². The Labute approximate surface area is 119 Å². The number of aromatic nitrogens is 3. The van der Waals surface area contributed by atoms with E-state index < -0.39 is 0 Å². The van der Waals surface area contributed by atoms with Gasteiger partial charge in [0, 0.05) is 6.20 Å². The van der Waals surface area contributed by atoms with E-state index >= 15 is 0 Å². The number of nitrogens with one attached hydrogen (secondary N) is 1. The molecule has 3 N–H and O–H groups in total. The topological polar surface area (TPSA) is 89.9 Å². The number of anilines is 3. The molecule has 7 heteroatoms. The molecule has 0 saturated heterocycles. The van der Waals surface area contributed by atoms with Gasteiger partial charge in [-0.05, 0) is 30.7 Å². The Kier molecular flexibility index (Phi) is 3.23. The zero-order chi connectivity index (χ0) is 14.8. The second-order valence-electron chi connectivity index (χ2n) is 4.48. The lowest BCUT2D eigenvalue weighted by Gasteiger charge is -2.10. The summed E-state index contributed by atoms with van der Waals surface area (Å²) in [5.74, 6) is -0.111. The molecule has 2 heterocycles. The molecule has 0 bridgehead atoms. The Bertz CT molecular complexity index is 787. The molecule has 0 spiro atoms. The minimum absolute atomic E-state index is 0.0331. The number of benzene rings is 1. The van der Waals surface area contributed by atoms with E-state index in [2.05, 4.69) is 20.5 Å². The van der Waals surface area contributed by atoms with Crippen molar-refractivity contribution in [1.82, 2.24) is 15.2 Å². The molecule has 0 amide bonds. The molecular weight excluding hydrogens is 273 g/mol. The van der Waals surface area contributed by atoms with Crippen molar-refractivity contribution in [2.24, 2.45) is 0 Å². The van der Waals surface area contributed by atoms with Gasteiger partial charge >= 0.3 is 6.01 Å². The molecule has 1 aromatic carbocycles. The summed E-state index contributed by atoms with van der Waals surface area (Å²) in [6, 6.07) is 6.56. The van der Waals surface area contributed by atoms with Crippen molar-refractivity contribution in [1.29, 1.82) is 0 Å². The van der Waals surface area contributed by atoms with Gasteiger partial charge in [0.2, 0.25) is 0 Å². The molecule has 3 aromatic rings. The van der Waals surface area contributed by atoms with E-state index in [0.29, 0.717) is 16.9 Å². The van der Waals surface area contributed by atoms with Crippen molar-refractivity contribution in [2.45, 2.75) is 6.92 Å². The molecule has 106 valence electrons. The molecule has 0 radical (unpaired) electrons. The van der Waals surface area contributed by atoms with Gasteiger partial charge in [-0.15, -0.1) is 5.10 Å². The summed E-state index contributed by atoms with van der Waals surface area (Å²) in [4.78, 5) is 4.01. The smallest absolute Gasteiger partial charge is 0.313 e. The van der Waals surface area contributed by atoms with Gasteiger partial charge in [-0.25, -0.2) is 4.39 Å². The molecule has 0 aliphatic heterocycles. The molecule has 2 aromatic heterocycles. The van der Waals surface area contributed by atoms with Crippen molar-refractivity contribution in [3.05, 3.63) is 48.0 Å². The van der Waals surface area contributed by atoms with Crippen LogP contribution >= 0.6 is 0 Å². The zero-order valence-electron chi connectivity index (χ0n) is 11.2. The van der Waals surface area contributed by atoms with Crippen molar-refractivity contribution in [2.75, 3.05) is 11.1 Å². The Morgan fingerprint density at radius 2 is 2.05 bits per heavy atom. The van der Waals surface area contributed by atoms with Crippen LogP contribution in [0.4, 0.5) is 21.8 Å². The Balaban J connectivity index is 1.99. The highest BCUT2D eigenvalue weighted by atomic mass is 19.1. The maximum absolute atomic E-state index is 13.9. The average molecular weight is 285 g/mol. The van der Waals surface area contributed by atoms with Crippen LogP contribution in [-0.4, -0.2) is 15.2 Å². The normalized spacial score (nSPS) is 10.6. The number of nitrogens with two attached hydrogens (primary N) is 1. The number of pyridine rings is 1. The highest BCUT2D eigenvalue weighted by Gasteiger charge is 2.13. The van der Waals surface area contributed by atoms with Crippen molar-refractivity contribution >= 4 is 17.4 Å². The molecule has 0 unspecified atom stereocenters. The van der Waals surface area contributed by atoms with E-state index in [1.807, 2.05) is 13.0 Å². The summed E-state index contributed by atoms with van der Waals surface area (Å²) >= 11 is 0.